The number of rotatable bonds is 7. The van der Waals surface area contributed by atoms with Crippen LogP contribution in [0, 0.1) is 0 Å². The lowest BCUT2D eigenvalue weighted by Gasteiger charge is -2.37. The van der Waals surface area contributed by atoms with E-state index in [2.05, 4.69) is 77.6 Å². The Balaban J connectivity index is 1.20. The number of aromatic nitrogens is 4. The van der Waals surface area contributed by atoms with E-state index in [4.69, 9.17) is 14.7 Å². The van der Waals surface area contributed by atoms with Crippen LogP contribution in [0.25, 0.3) is 0 Å². The van der Waals surface area contributed by atoms with Gasteiger partial charge in [-0.3, -0.25) is 9.99 Å². The lowest BCUT2D eigenvalue weighted by Crippen LogP contribution is -2.47. The highest BCUT2D eigenvalue weighted by molar-refractivity contribution is 5.69. The smallest absolute Gasteiger partial charge is 0.229 e. The normalized spacial score (nSPS) is 18.2. The van der Waals surface area contributed by atoms with Gasteiger partial charge in [-0.25, -0.2) is 10.4 Å². The summed E-state index contributed by atoms with van der Waals surface area (Å²) in [5, 5.41) is 2.22. The monoisotopic (exact) mass is 535 g/mol. The molecule has 1 atom stereocenters. The Morgan fingerprint density at radius 2 is 1.57 bits per heavy atom. The number of nitrogens with one attached hydrogen (secondary N) is 1. The second-order valence-electron chi connectivity index (χ2n) is 10.4. The number of hydrazine groups is 1. The highest BCUT2D eigenvalue weighted by atomic mass is 16.5. The van der Waals surface area contributed by atoms with Crippen molar-refractivity contribution in [1.29, 1.82) is 0 Å². The zero-order valence-electron chi connectivity index (χ0n) is 22.6. The molecule has 1 unspecified atom stereocenters. The van der Waals surface area contributed by atoms with Crippen molar-refractivity contribution in [2.24, 2.45) is 0 Å². The van der Waals surface area contributed by atoms with Gasteiger partial charge in [0.15, 0.2) is 5.82 Å². The lowest BCUT2D eigenvalue weighted by atomic mass is 10.0. The van der Waals surface area contributed by atoms with Crippen molar-refractivity contribution in [3.05, 3.63) is 89.9 Å². The first-order chi connectivity index (χ1) is 19.7. The summed E-state index contributed by atoms with van der Waals surface area (Å²) in [6, 6.07) is 19.1. The van der Waals surface area contributed by atoms with E-state index in [1.54, 1.807) is 19.5 Å². The topological polar surface area (TPSA) is 85.8 Å². The molecule has 3 aliphatic rings. The standard InChI is InChI=1S/C30H33N9O/c1-40-24-9-7-23(8-10-24)20-38-14-11-25-27-28(38)33-30(34-29(27)39(35-25)21-22-5-3-2-4-6-22)37-17-15-36(16-18-37)26-19-31-12-13-32-26/h2-10,12-13,19,25,35H,11,14-18,20-21H2,1H3. The molecule has 0 saturated carbocycles. The summed E-state index contributed by atoms with van der Waals surface area (Å²) < 4.78 is 5.37. The van der Waals surface area contributed by atoms with Gasteiger partial charge in [0.05, 0.1) is 31.5 Å². The summed E-state index contributed by atoms with van der Waals surface area (Å²) >= 11 is 0. The minimum absolute atomic E-state index is 0.211. The van der Waals surface area contributed by atoms with Crippen molar-refractivity contribution >= 4 is 23.4 Å². The highest BCUT2D eigenvalue weighted by Gasteiger charge is 2.39. The van der Waals surface area contributed by atoms with Crippen molar-refractivity contribution in [3.63, 3.8) is 0 Å². The summed E-state index contributed by atoms with van der Waals surface area (Å²) in [4.78, 5) is 26.2. The fourth-order valence-corrected chi connectivity index (χ4v) is 5.83. The van der Waals surface area contributed by atoms with E-state index in [9.17, 15) is 0 Å². The Kier molecular flexibility index (Phi) is 6.52. The molecule has 0 aliphatic carbocycles. The maximum atomic E-state index is 5.37. The van der Waals surface area contributed by atoms with E-state index in [0.717, 1.165) is 81.4 Å². The highest BCUT2D eigenvalue weighted by Crippen LogP contribution is 2.44. The van der Waals surface area contributed by atoms with Crippen LogP contribution >= 0.6 is 0 Å². The van der Waals surface area contributed by atoms with E-state index in [0.29, 0.717) is 0 Å². The molecule has 5 heterocycles. The predicted molar refractivity (Wildman–Crippen MR) is 156 cm³/mol. The summed E-state index contributed by atoms with van der Waals surface area (Å²) in [6.07, 6.45) is 6.29. The first-order valence-corrected chi connectivity index (χ1v) is 13.9. The molecule has 1 N–H and O–H groups in total. The van der Waals surface area contributed by atoms with Gasteiger partial charge in [-0.05, 0) is 29.7 Å². The third-order valence-electron chi connectivity index (χ3n) is 7.95. The van der Waals surface area contributed by atoms with Gasteiger partial charge in [0.2, 0.25) is 5.95 Å². The summed E-state index contributed by atoms with van der Waals surface area (Å²) in [7, 11) is 1.70. The van der Waals surface area contributed by atoms with Gasteiger partial charge in [0.25, 0.3) is 0 Å². The number of piperazine rings is 1. The molecule has 0 spiro atoms. The molecule has 2 aromatic carbocycles. The third kappa shape index (κ3) is 4.75. The molecule has 3 aliphatic heterocycles. The number of methoxy groups -OCH3 is 1. The molecular weight excluding hydrogens is 502 g/mol. The summed E-state index contributed by atoms with van der Waals surface area (Å²) in [6.45, 7) is 5.80. The second-order valence-corrected chi connectivity index (χ2v) is 10.4. The molecule has 4 aromatic rings. The van der Waals surface area contributed by atoms with Crippen LogP contribution in [0.4, 0.5) is 23.4 Å². The molecule has 0 radical (unpaired) electrons. The predicted octanol–water partition coefficient (Wildman–Crippen LogP) is 3.58. The molecule has 40 heavy (non-hydrogen) atoms. The van der Waals surface area contributed by atoms with Crippen LogP contribution in [0.15, 0.2) is 73.2 Å². The number of ether oxygens (including phenoxy) is 1. The van der Waals surface area contributed by atoms with Crippen LogP contribution in [0.5, 0.6) is 5.75 Å². The van der Waals surface area contributed by atoms with Crippen LogP contribution in [0.1, 0.15) is 29.2 Å². The zero-order valence-corrected chi connectivity index (χ0v) is 22.6. The zero-order chi connectivity index (χ0) is 26.9. The van der Waals surface area contributed by atoms with Gasteiger partial charge in [0, 0.05) is 51.7 Å². The first kappa shape index (κ1) is 24.6. The molecule has 10 heteroatoms. The Morgan fingerprint density at radius 1 is 0.825 bits per heavy atom. The maximum absolute atomic E-state index is 5.37. The van der Waals surface area contributed by atoms with Crippen LogP contribution in [0.2, 0.25) is 0 Å². The van der Waals surface area contributed by atoms with Gasteiger partial charge in [-0.15, -0.1) is 0 Å². The third-order valence-corrected chi connectivity index (χ3v) is 7.95. The van der Waals surface area contributed by atoms with E-state index in [1.165, 1.54) is 16.7 Å². The maximum Gasteiger partial charge on any atom is 0.229 e. The second kappa shape index (κ2) is 10.6. The van der Waals surface area contributed by atoms with E-state index < -0.39 is 0 Å². The molecule has 204 valence electrons. The van der Waals surface area contributed by atoms with E-state index in [-0.39, 0.29) is 6.04 Å². The fraction of sp³-hybridized carbons (Fsp3) is 0.333. The first-order valence-electron chi connectivity index (χ1n) is 13.9. The number of hydrogen-bond acceptors (Lipinski definition) is 10. The fourth-order valence-electron chi connectivity index (χ4n) is 5.83. The Hall–Kier alpha value is -4.44. The van der Waals surface area contributed by atoms with E-state index in [1.807, 2.05) is 18.3 Å². The number of hydrogen-bond donors (Lipinski definition) is 1. The van der Waals surface area contributed by atoms with Gasteiger partial charge >= 0.3 is 0 Å². The SMILES string of the molecule is COc1ccc(CN2CCC3NN(Cc4ccccc4)c4nc(N5CCN(c6cnccn6)CC5)nc2c43)cc1. The molecular formula is C30H33N9O. The van der Waals surface area contributed by atoms with Crippen molar-refractivity contribution in [2.45, 2.75) is 25.6 Å². The Morgan fingerprint density at radius 3 is 2.33 bits per heavy atom. The lowest BCUT2D eigenvalue weighted by molar-refractivity contribution is 0.414. The average molecular weight is 536 g/mol. The minimum atomic E-state index is 0.211. The molecule has 0 amide bonds. The van der Waals surface area contributed by atoms with Gasteiger partial charge in [-0.2, -0.15) is 9.97 Å². The molecule has 1 fully saturated rings. The van der Waals surface area contributed by atoms with Crippen molar-refractivity contribution in [3.8, 4) is 5.75 Å². The molecule has 7 rings (SSSR count). The molecule has 10 nitrogen and oxygen atoms in total. The molecule has 0 bridgehead atoms. The average Bonchev–Trinajstić information content (AvgIpc) is 3.37. The largest absolute Gasteiger partial charge is 0.497 e. The van der Waals surface area contributed by atoms with E-state index >= 15 is 0 Å². The minimum Gasteiger partial charge on any atom is -0.497 e. The summed E-state index contributed by atoms with van der Waals surface area (Å²) in [5.41, 5.74) is 7.44. The molecule has 2 aromatic heterocycles. The van der Waals surface area contributed by atoms with Crippen molar-refractivity contribution in [1.82, 2.24) is 25.4 Å². The quantitative estimate of drug-likeness (QED) is 0.379. The number of benzene rings is 2. The van der Waals surface area contributed by atoms with Gasteiger partial charge in [-0.1, -0.05) is 42.5 Å². The van der Waals surface area contributed by atoms with Crippen LogP contribution < -0.4 is 29.9 Å². The van der Waals surface area contributed by atoms with Gasteiger partial charge < -0.3 is 19.4 Å². The number of nitrogens with zero attached hydrogens (tertiary/aromatic N) is 8. The van der Waals surface area contributed by atoms with Crippen LogP contribution in [-0.2, 0) is 13.1 Å². The van der Waals surface area contributed by atoms with Crippen molar-refractivity contribution < 1.29 is 4.74 Å². The van der Waals surface area contributed by atoms with Gasteiger partial charge in [0.1, 0.15) is 17.4 Å². The molecule has 1 saturated heterocycles. The van der Waals surface area contributed by atoms with Crippen LogP contribution in [-0.4, -0.2) is 59.8 Å². The Bertz CT molecular complexity index is 1440. The van der Waals surface area contributed by atoms with Crippen molar-refractivity contribution in [2.75, 3.05) is 59.5 Å². The Labute approximate surface area is 234 Å². The van der Waals surface area contributed by atoms with Crippen LogP contribution in [0.3, 0.4) is 0 Å². The summed E-state index contributed by atoms with van der Waals surface area (Å²) in [5.74, 6) is 4.60. The number of anilines is 4.